The highest BCUT2D eigenvalue weighted by Gasteiger charge is 2.45. The number of alkyl halides is 3. The number of nitrogens with zero attached hydrogens (tertiary/aromatic N) is 2. The van der Waals surface area contributed by atoms with Gasteiger partial charge in [-0.15, -0.1) is 0 Å². The van der Waals surface area contributed by atoms with Gasteiger partial charge in [0.1, 0.15) is 30.2 Å². The largest absolute Gasteiger partial charge is 0.434 e. The van der Waals surface area contributed by atoms with Crippen molar-refractivity contribution in [1.29, 1.82) is 0 Å². The summed E-state index contributed by atoms with van der Waals surface area (Å²) in [4.78, 5) is 6.79. The quantitative estimate of drug-likeness (QED) is 0.572. The molecule has 0 aromatic carbocycles. The monoisotopic (exact) mass is 339 g/mol. The van der Waals surface area contributed by atoms with Crippen molar-refractivity contribution in [2.45, 2.75) is 36.8 Å². The van der Waals surface area contributed by atoms with Crippen LogP contribution in [-0.2, 0) is 15.7 Å². The molecule has 1 aromatic heterocycles. The topological polar surface area (TPSA) is 117 Å². The lowest BCUT2D eigenvalue weighted by molar-refractivity contribution is -0.254. The molecular formula is C12H16F3N3O5. The zero-order valence-electron chi connectivity index (χ0n) is 11.9. The molecule has 0 unspecified atom stereocenters. The Hall–Kier alpha value is -1.53. The standard InChI is InChI=1S/C12H16F3N3O5/c1-22-11-8(10(21)9(20)5(4-19)23-11)18-7-3-16-2-6(17-7)12(13,14)15/h2-3,5,8-11,19-21H,4H2,1H3,(H,17,18)/t5-,8-,9+,10-,11-/m1/s1. The smallest absolute Gasteiger partial charge is 0.394 e. The van der Waals surface area contributed by atoms with E-state index in [0.717, 1.165) is 6.20 Å². The van der Waals surface area contributed by atoms with Gasteiger partial charge in [-0.05, 0) is 0 Å². The summed E-state index contributed by atoms with van der Waals surface area (Å²) in [5, 5.41) is 31.5. The number of aromatic nitrogens is 2. The number of nitrogens with one attached hydrogen (secondary N) is 1. The van der Waals surface area contributed by atoms with Crippen LogP contribution in [0.4, 0.5) is 19.0 Å². The maximum Gasteiger partial charge on any atom is 0.434 e. The third-order valence-corrected chi connectivity index (χ3v) is 3.35. The molecule has 2 rings (SSSR count). The molecule has 5 atom stereocenters. The summed E-state index contributed by atoms with van der Waals surface area (Å²) in [5.74, 6) is -0.274. The molecule has 0 saturated carbocycles. The Kier molecular flexibility index (Phi) is 5.37. The average Bonchev–Trinajstić information content (AvgIpc) is 2.52. The van der Waals surface area contributed by atoms with Gasteiger partial charge in [0.25, 0.3) is 0 Å². The van der Waals surface area contributed by atoms with E-state index in [9.17, 15) is 23.4 Å². The van der Waals surface area contributed by atoms with Crippen molar-refractivity contribution in [2.75, 3.05) is 19.0 Å². The third-order valence-electron chi connectivity index (χ3n) is 3.35. The summed E-state index contributed by atoms with van der Waals surface area (Å²) in [6.45, 7) is -0.561. The minimum atomic E-state index is -4.67. The van der Waals surface area contributed by atoms with Gasteiger partial charge in [0.15, 0.2) is 12.0 Å². The number of methoxy groups -OCH3 is 1. The lowest BCUT2D eigenvalue weighted by atomic mass is 9.97. The number of aliphatic hydroxyl groups excluding tert-OH is 3. The van der Waals surface area contributed by atoms with E-state index >= 15 is 0 Å². The first-order chi connectivity index (χ1) is 10.8. The molecule has 8 nitrogen and oxygen atoms in total. The maximum atomic E-state index is 12.6. The molecule has 0 radical (unpaired) electrons. The van der Waals surface area contributed by atoms with Crippen LogP contribution in [0.15, 0.2) is 12.4 Å². The number of aliphatic hydroxyl groups is 3. The van der Waals surface area contributed by atoms with Crippen molar-refractivity contribution in [3.63, 3.8) is 0 Å². The fourth-order valence-corrected chi connectivity index (χ4v) is 2.18. The summed E-state index contributed by atoms with van der Waals surface area (Å²) in [5.41, 5.74) is -1.21. The van der Waals surface area contributed by atoms with Gasteiger partial charge < -0.3 is 30.1 Å². The van der Waals surface area contributed by atoms with Crippen LogP contribution in [0.1, 0.15) is 5.69 Å². The number of halogens is 3. The number of hydrogen-bond donors (Lipinski definition) is 4. The second kappa shape index (κ2) is 6.93. The van der Waals surface area contributed by atoms with Gasteiger partial charge in [-0.2, -0.15) is 13.2 Å². The molecule has 11 heteroatoms. The number of anilines is 1. The first kappa shape index (κ1) is 17.8. The second-order valence-electron chi connectivity index (χ2n) is 4.90. The van der Waals surface area contributed by atoms with Gasteiger partial charge in [-0.25, -0.2) is 4.98 Å². The highest BCUT2D eigenvalue weighted by atomic mass is 19.4. The Morgan fingerprint density at radius 3 is 2.57 bits per heavy atom. The molecule has 1 aliphatic heterocycles. The van der Waals surface area contributed by atoms with Gasteiger partial charge in [0, 0.05) is 7.11 Å². The molecular weight excluding hydrogens is 323 g/mol. The van der Waals surface area contributed by atoms with E-state index in [0.29, 0.717) is 6.20 Å². The molecule has 2 heterocycles. The van der Waals surface area contributed by atoms with Crippen LogP contribution in [0, 0.1) is 0 Å². The minimum absolute atomic E-state index is 0.274. The molecule has 1 saturated heterocycles. The molecule has 4 N–H and O–H groups in total. The zero-order valence-corrected chi connectivity index (χ0v) is 11.9. The predicted molar refractivity (Wildman–Crippen MR) is 69.2 cm³/mol. The van der Waals surface area contributed by atoms with Crippen molar-refractivity contribution in [3.05, 3.63) is 18.1 Å². The molecule has 0 amide bonds. The average molecular weight is 339 g/mol. The SMILES string of the molecule is CO[C@@H]1O[C@H](CO)[C@H](O)[C@H](O)[C@H]1Nc1cncc(C(F)(F)F)n1. The number of ether oxygens (including phenoxy) is 2. The van der Waals surface area contributed by atoms with Gasteiger partial charge >= 0.3 is 6.18 Å². The van der Waals surface area contributed by atoms with Crippen LogP contribution in [0.25, 0.3) is 0 Å². The van der Waals surface area contributed by atoms with Crippen LogP contribution >= 0.6 is 0 Å². The van der Waals surface area contributed by atoms with E-state index in [2.05, 4.69) is 15.3 Å². The Labute approximate surface area is 128 Å². The van der Waals surface area contributed by atoms with E-state index < -0.39 is 49.1 Å². The minimum Gasteiger partial charge on any atom is -0.394 e. The van der Waals surface area contributed by atoms with E-state index in [4.69, 9.17) is 14.6 Å². The van der Waals surface area contributed by atoms with Crippen LogP contribution in [0.5, 0.6) is 0 Å². The molecule has 1 aliphatic rings. The first-order valence-corrected chi connectivity index (χ1v) is 6.59. The molecule has 23 heavy (non-hydrogen) atoms. The van der Waals surface area contributed by atoms with Gasteiger partial charge in [-0.3, -0.25) is 4.98 Å². The molecule has 0 bridgehead atoms. The van der Waals surface area contributed by atoms with E-state index in [1.54, 1.807) is 0 Å². The lowest BCUT2D eigenvalue weighted by Crippen LogP contribution is -2.61. The van der Waals surface area contributed by atoms with E-state index in [-0.39, 0.29) is 5.82 Å². The Morgan fingerprint density at radius 2 is 2.00 bits per heavy atom. The summed E-state index contributed by atoms with van der Waals surface area (Å²) in [6.07, 6.45) is -8.22. The highest BCUT2D eigenvalue weighted by molar-refractivity contribution is 5.35. The van der Waals surface area contributed by atoms with Gasteiger partial charge in [0.2, 0.25) is 0 Å². The van der Waals surface area contributed by atoms with Crippen LogP contribution < -0.4 is 5.32 Å². The van der Waals surface area contributed by atoms with Crippen molar-refractivity contribution in [3.8, 4) is 0 Å². The molecule has 0 aliphatic carbocycles. The molecule has 1 fully saturated rings. The zero-order chi connectivity index (χ0) is 17.2. The van der Waals surface area contributed by atoms with Crippen molar-refractivity contribution in [2.24, 2.45) is 0 Å². The summed E-state index contributed by atoms with van der Waals surface area (Å²) in [6, 6.07) is -1.12. The fourth-order valence-electron chi connectivity index (χ4n) is 2.18. The predicted octanol–water partition coefficient (Wildman–Crippen LogP) is -0.639. The number of hydrogen-bond acceptors (Lipinski definition) is 8. The van der Waals surface area contributed by atoms with Crippen molar-refractivity contribution < 1.29 is 38.0 Å². The van der Waals surface area contributed by atoms with Crippen molar-refractivity contribution in [1.82, 2.24) is 9.97 Å². The van der Waals surface area contributed by atoms with Crippen LogP contribution in [0.3, 0.4) is 0 Å². The highest BCUT2D eigenvalue weighted by Crippen LogP contribution is 2.28. The van der Waals surface area contributed by atoms with E-state index in [1.807, 2.05) is 0 Å². The van der Waals surface area contributed by atoms with Gasteiger partial charge in [-0.1, -0.05) is 0 Å². The second-order valence-corrected chi connectivity index (χ2v) is 4.90. The Morgan fingerprint density at radius 1 is 1.30 bits per heavy atom. The molecule has 1 aromatic rings. The molecule has 130 valence electrons. The van der Waals surface area contributed by atoms with Crippen LogP contribution in [-0.4, -0.2) is 69.6 Å². The lowest BCUT2D eigenvalue weighted by Gasteiger charge is -2.41. The summed E-state index contributed by atoms with van der Waals surface area (Å²) < 4.78 is 48.1. The first-order valence-electron chi connectivity index (χ1n) is 6.59. The van der Waals surface area contributed by atoms with Gasteiger partial charge in [0.05, 0.1) is 19.0 Å². The van der Waals surface area contributed by atoms with Crippen LogP contribution in [0.2, 0.25) is 0 Å². The fraction of sp³-hybridized carbons (Fsp3) is 0.667. The summed E-state index contributed by atoms with van der Waals surface area (Å²) in [7, 11) is 1.25. The third kappa shape index (κ3) is 3.87. The Bertz CT molecular complexity index is 531. The molecule has 0 spiro atoms. The number of rotatable bonds is 4. The Balaban J connectivity index is 2.20. The van der Waals surface area contributed by atoms with E-state index in [1.165, 1.54) is 7.11 Å². The maximum absolute atomic E-state index is 12.6. The van der Waals surface area contributed by atoms with Crippen molar-refractivity contribution >= 4 is 5.82 Å². The normalized spacial score (nSPS) is 31.9. The summed E-state index contributed by atoms with van der Waals surface area (Å²) >= 11 is 0.